The topological polar surface area (TPSA) is 0 Å². The van der Waals surface area contributed by atoms with Gasteiger partial charge in [-0.05, 0) is 23.1 Å². The van der Waals surface area contributed by atoms with Crippen molar-refractivity contribution in [2.75, 3.05) is 0 Å². The molecule has 2 rings (SSSR count). The van der Waals surface area contributed by atoms with E-state index in [4.69, 9.17) is 0 Å². The number of aryl methyl sites for hydroxylation is 1. The Morgan fingerprint density at radius 1 is 0.812 bits per heavy atom. The second-order valence-electron chi connectivity index (χ2n) is 3.77. The molecule has 0 heterocycles. The minimum absolute atomic E-state index is 0. The van der Waals surface area contributed by atoms with Gasteiger partial charge in [-0.15, -0.1) is 0 Å². The zero-order chi connectivity index (χ0) is 10.5. The zero-order valence-electron chi connectivity index (χ0n) is 9.11. The summed E-state index contributed by atoms with van der Waals surface area (Å²) in [6.07, 6.45) is 2.36. The maximum atomic E-state index is 2.23. The molecule has 16 heavy (non-hydrogen) atoms. The van der Waals surface area contributed by atoms with Gasteiger partial charge in [-0.2, -0.15) is 0 Å². The molecule has 0 spiro atoms. The van der Waals surface area contributed by atoms with E-state index in [0.717, 1.165) is 6.42 Å². The van der Waals surface area contributed by atoms with Gasteiger partial charge in [0, 0.05) is 0 Å². The van der Waals surface area contributed by atoms with E-state index in [-0.39, 0.29) is 7.43 Å². The molecular weight excluding hydrogens is 192 g/mol. The molecule has 0 fully saturated rings. The first kappa shape index (κ1) is 12.5. The van der Waals surface area contributed by atoms with Crippen molar-refractivity contribution in [2.45, 2.75) is 27.2 Å². The number of hydrogen-bond acceptors (Lipinski definition) is 0. The van der Waals surface area contributed by atoms with Crippen LogP contribution in [0.5, 0.6) is 0 Å². The molecule has 0 bridgehead atoms. The highest BCUT2D eigenvalue weighted by Crippen LogP contribution is 2.24. The Balaban J connectivity index is 0.00000128. The van der Waals surface area contributed by atoms with Crippen LogP contribution in [0.15, 0.2) is 54.6 Å². The monoisotopic (exact) mass is 212 g/mol. The third-order valence-electron chi connectivity index (χ3n) is 2.62. The molecule has 0 aliphatic rings. The van der Waals surface area contributed by atoms with Crippen LogP contribution in [0.1, 0.15) is 26.3 Å². The van der Waals surface area contributed by atoms with Crippen LogP contribution in [0.25, 0.3) is 11.1 Å². The summed E-state index contributed by atoms with van der Waals surface area (Å²) in [5.41, 5.74) is 4.15. The lowest BCUT2D eigenvalue weighted by molar-refractivity contribution is 0.923. The molecule has 84 valence electrons. The molecule has 0 N–H and O–H groups in total. The van der Waals surface area contributed by atoms with Gasteiger partial charge in [-0.3, -0.25) is 0 Å². The van der Waals surface area contributed by atoms with E-state index in [2.05, 4.69) is 61.5 Å². The van der Waals surface area contributed by atoms with Crippen LogP contribution in [0, 0.1) is 0 Å². The second kappa shape index (κ2) is 6.12. The minimum Gasteiger partial charge on any atom is -0.0776 e. The average Bonchev–Trinajstić information content (AvgIpc) is 2.31. The molecule has 0 atom stereocenters. The summed E-state index contributed by atoms with van der Waals surface area (Å²) in [5, 5.41) is 0. The summed E-state index contributed by atoms with van der Waals surface area (Å²) in [5.74, 6) is 0. The number of hydrogen-bond donors (Lipinski definition) is 0. The number of rotatable bonds is 3. The van der Waals surface area contributed by atoms with Crippen molar-refractivity contribution >= 4 is 0 Å². The van der Waals surface area contributed by atoms with E-state index < -0.39 is 0 Å². The molecule has 0 unspecified atom stereocenters. The maximum Gasteiger partial charge on any atom is -0.0152 e. The van der Waals surface area contributed by atoms with Gasteiger partial charge in [0.25, 0.3) is 0 Å². The summed E-state index contributed by atoms with van der Waals surface area (Å²) < 4.78 is 0. The third kappa shape index (κ3) is 2.73. The summed E-state index contributed by atoms with van der Waals surface area (Å²) in [6.45, 7) is 2.22. The lowest BCUT2D eigenvalue weighted by Gasteiger charge is -2.08. The summed E-state index contributed by atoms with van der Waals surface area (Å²) in [6, 6.07) is 19.3. The molecule has 0 radical (unpaired) electrons. The van der Waals surface area contributed by atoms with Crippen molar-refractivity contribution < 1.29 is 0 Å². The first-order valence-electron chi connectivity index (χ1n) is 5.55. The summed E-state index contributed by atoms with van der Waals surface area (Å²) in [7, 11) is 0. The Bertz CT molecular complexity index is 415. The van der Waals surface area contributed by atoms with Crippen molar-refractivity contribution in [3.05, 3.63) is 60.2 Å². The highest BCUT2D eigenvalue weighted by Gasteiger charge is 2.01. The van der Waals surface area contributed by atoms with Crippen LogP contribution >= 0.6 is 0 Å². The zero-order valence-corrected chi connectivity index (χ0v) is 9.11. The minimum atomic E-state index is 0. The molecule has 0 nitrogen and oxygen atoms in total. The summed E-state index contributed by atoms with van der Waals surface area (Å²) in [4.78, 5) is 0. The Morgan fingerprint density at radius 2 is 1.44 bits per heavy atom. The average molecular weight is 212 g/mol. The van der Waals surface area contributed by atoms with E-state index in [1.165, 1.54) is 23.1 Å². The number of benzene rings is 2. The largest absolute Gasteiger partial charge is 0.0776 e. The van der Waals surface area contributed by atoms with Crippen LogP contribution in [0.2, 0.25) is 0 Å². The first-order chi connectivity index (χ1) is 7.42. The highest BCUT2D eigenvalue weighted by molar-refractivity contribution is 5.67. The van der Waals surface area contributed by atoms with Gasteiger partial charge in [0.15, 0.2) is 0 Å². The van der Waals surface area contributed by atoms with Crippen LogP contribution in [-0.2, 0) is 6.42 Å². The van der Waals surface area contributed by atoms with E-state index in [1.54, 1.807) is 0 Å². The maximum absolute atomic E-state index is 2.23. The lowest BCUT2D eigenvalue weighted by atomic mass is 9.97. The van der Waals surface area contributed by atoms with Gasteiger partial charge in [0.1, 0.15) is 0 Å². The van der Waals surface area contributed by atoms with Crippen molar-refractivity contribution in [3.63, 3.8) is 0 Å². The molecule has 0 saturated heterocycles. The Hall–Kier alpha value is -1.56. The SMILES string of the molecule is C.CCCc1ccccc1-c1ccccc1. The smallest absolute Gasteiger partial charge is 0.0152 e. The highest BCUT2D eigenvalue weighted by atomic mass is 14.1. The molecule has 0 aromatic heterocycles. The second-order valence-corrected chi connectivity index (χ2v) is 3.77. The first-order valence-corrected chi connectivity index (χ1v) is 5.55. The standard InChI is InChI=1S/C15H16.CH4/c1-2-8-13-11-6-7-12-15(13)14-9-4-3-5-10-14;/h3-7,9-12H,2,8H2,1H3;1H4. The van der Waals surface area contributed by atoms with Gasteiger partial charge in [-0.25, -0.2) is 0 Å². The fraction of sp³-hybridized carbons (Fsp3) is 0.250. The predicted molar refractivity (Wildman–Crippen MR) is 72.6 cm³/mol. The van der Waals surface area contributed by atoms with Gasteiger partial charge in [-0.1, -0.05) is 75.4 Å². The van der Waals surface area contributed by atoms with Crippen LogP contribution in [-0.4, -0.2) is 0 Å². The Kier molecular flexibility index (Phi) is 4.78. The van der Waals surface area contributed by atoms with Gasteiger partial charge in [0.2, 0.25) is 0 Å². The van der Waals surface area contributed by atoms with Crippen molar-refractivity contribution in [1.82, 2.24) is 0 Å². The molecule has 0 aliphatic carbocycles. The molecule has 0 amide bonds. The Morgan fingerprint density at radius 3 is 2.12 bits per heavy atom. The quantitative estimate of drug-likeness (QED) is 0.676. The normalized spacial score (nSPS) is 9.56. The lowest BCUT2D eigenvalue weighted by Crippen LogP contribution is -1.88. The van der Waals surface area contributed by atoms with E-state index in [9.17, 15) is 0 Å². The fourth-order valence-corrected chi connectivity index (χ4v) is 1.91. The molecule has 2 aromatic rings. The van der Waals surface area contributed by atoms with Crippen LogP contribution < -0.4 is 0 Å². The van der Waals surface area contributed by atoms with Crippen LogP contribution in [0.3, 0.4) is 0 Å². The van der Waals surface area contributed by atoms with Gasteiger partial charge in [0.05, 0.1) is 0 Å². The van der Waals surface area contributed by atoms with Crippen molar-refractivity contribution in [1.29, 1.82) is 0 Å². The Labute approximate surface area is 99.0 Å². The van der Waals surface area contributed by atoms with Crippen molar-refractivity contribution in [3.8, 4) is 11.1 Å². The molecular formula is C16H20. The molecule has 0 saturated carbocycles. The van der Waals surface area contributed by atoms with Gasteiger partial charge >= 0.3 is 0 Å². The van der Waals surface area contributed by atoms with E-state index >= 15 is 0 Å². The van der Waals surface area contributed by atoms with E-state index in [1.807, 2.05) is 0 Å². The molecule has 0 aliphatic heterocycles. The predicted octanol–water partition coefficient (Wildman–Crippen LogP) is 4.94. The van der Waals surface area contributed by atoms with Crippen LogP contribution in [0.4, 0.5) is 0 Å². The molecule has 2 aromatic carbocycles. The molecule has 0 heteroatoms. The fourth-order valence-electron chi connectivity index (χ4n) is 1.91. The van der Waals surface area contributed by atoms with Crippen molar-refractivity contribution in [2.24, 2.45) is 0 Å². The van der Waals surface area contributed by atoms with E-state index in [0.29, 0.717) is 0 Å². The third-order valence-corrected chi connectivity index (χ3v) is 2.62. The summed E-state index contributed by atoms with van der Waals surface area (Å²) >= 11 is 0. The van der Waals surface area contributed by atoms with Gasteiger partial charge < -0.3 is 0 Å².